The summed E-state index contributed by atoms with van der Waals surface area (Å²) in [5.74, 6) is -1.66. The van der Waals surface area contributed by atoms with E-state index in [1.807, 2.05) is 13.8 Å². The molecule has 0 heterocycles. The van der Waals surface area contributed by atoms with Crippen LogP contribution in [0.3, 0.4) is 0 Å². The van der Waals surface area contributed by atoms with Crippen LogP contribution in [0.15, 0.2) is 23.1 Å². The molecular formula is C12H17NO5S. The zero-order chi connectivity index (χ0) is 14.6. The lowest BCUT2D eigenvalue weighted by Crippen LogP contribution is -2.28. The minimum Gasteiger partial charge on any atom is -0.507 e. The molecule has 0 spiro atoms. The van der Waals surface area contributed by atoms with Crippen molar-refractivity contribution in [3.63, 3.8) is 0 Å². The summed E-state index contributed by atoms with van der Waals surface area (Å²) in [5.41, 5.74) is -0.439. The molecule has 19 heavy (non-hydrogen) atoms. The number of carbonyl (C=O) groups is 1. The summed E-state index contributed by atoms with van der Waals surface area (Å²) in [6, 6.07) is 3.17. The van der Waals surface area contributed by atoms with Gasteiger partial charge in [0.25, 0.3) is 0 Å². The summed E-state index contributed by atoms with van der Waals surface area (Å²) in [6.45, 7) is 4.13. The third kappa shape index (κ3) is 3.93. The Balaban J connectivity index is 3.02. The highest BCUT2D eigenvalue weighted by Crippen LogP contribution is 2.21. The Morgan fingerprint density at radius 2 is 2.05 bits per heavy atom. The van der Waals surface area contributed by atoms with Crippen LogP contribution in [0, 0.1) is 5.92 Å². The molecule has 0 bridgehead atoms. The Morgan fingerprint density at radius 3 is 2.58 bits per heavy atom. The molecule has 6 nitrogen and oxygen atoms in total. The minimum atomic E-state index is -3.76. The summed E-state index contributed by atoms with van der Waals surface area (Å²) in [7, 11) is -3.76. The van der Waals surface area contributed by atoms with Gasteiger partial charge in [0.2, 0.25) is 10.0 Å². The Bertz CT molecular complexity index is 567. The topological polar surface area (TPSA) is 104 Å². The van der Waals surface area contributed by atoms with Crippen molar-refractivity contribution in [2.24, 2.45) is 5.92 Å². The smallest absolute Gasteiger partial charge is 0.339 e. The molecule has 0 saturated heterocycles. The fraction of sp³-hybridized carbons (Fsp3) is 0.417. The molecule has 1 aromatic rings. The summed E-state index contributed by atoms with van der Waals surface area (Å²) < 4.78 is 26.3. The molecule has 3 N–H and O–H groups in total. The third-order valence-corrected chi connectivity index (χ3v) is 4.25. The van der Waals surface area contributed by atoms with Crippen molar-refractivity contribution >= 4 is 16.0 Å². The number of hydrogen-bond donors (Lipinski definition) is 3. The van der Waals surface area contributed by atoms with Gasteiger partial charge in [-0.1, -0.05) is 20.3 Å². The zero-order valence-electron chi connectivity index (χ0n) is 10.8. The van der Waals surface area contributed by atoms with Crippen molar-refractivity contribution < 1.29 is 23.4 Å². The average molecular weight is 287 g/mol. The van der Waals surface area contributed by atoms with E-state index < -0.39 is 27.3 Å². The number of nitrogens with one attached hydrogen (secondary N) is 1. The largest absolute Gasteiger partial charge is 0.507 e. The summed E-state index contributed by atoms with van der Waals surface area (Å²) in [5, 5.41) is 18.2. The minimum absolute atomic E-state index is 0.175. The van der Waals surface area contributed by atoms with Crippen LogP contribution in [0.1, 0.15) is 30.6 Å². The molecule has 0 saturated carbocycles. The number of carboxylic acids is 1. The third-order valence-electron chi connectivity index (χ3n) is 2.83. The van der Waals surface area contributed by atoms with E-state index in [-0.39, 0.29) is 17.4 Å². The van der Waals surface area contributed by atoms with Crippen LogP contribution in [0.2, 0.25) is 0 Å². The maximum atomic E-state index is 12.0. The number of hydrogen-bond acceptors (Lipinski definition) is 4. The van der Waals surface area contributed by atoms with E-state index >= 15 is 0 Å². The maximum Gasteiger partial charge on any atom is 0.339 e. The first-order chi connectivity index (χ1) is 8.77. The number of aromatic carboxylic acids is 1. The van der Waals surface area contributed by atoms with Crippen LogP contribution in [-0.4, -0.2) is 31.1 Å². The van der Waals surface area contributed by atoms with Crippen molar-refractivity contribution in [2.45, 2.75) is 25.2 Å². The molecule has 0 aliphatic carbocycles. The van der Waals surface area contributed by atoms with Crippen LogP contribution in [-0.2, 0) is 10.0 Å². The second-order valence-corrected chi connectivity index (χ2v) is 6.12. The van der Waals surface area contributed by atoms with E-state index in [9.17, 15) is 18.3 Å². The van der Waals surface area contributed by atoms with Gasteiger partial charge in [0.1, 0.15) is 11.3 Å². The molecule has 7 heteroatoms. The number of phenols is 1. The zero-order valence-corrected chi connectivity index (χ0v) is 11.6. The van der Waals surface area contributed by atoms with Gasteiger partial charge < -0.3 is 10.2 Å². The van der Waals surface area contributed by atoms with E-state index in [1.54, 1.807) is 0 Å². The average Bonchev–Trinajstić information content (AvgIpc) is 2.35. The lowest BCUT2D eigenvalue weighted by atomic mass is 10.1. The Kier molecular flexibility index (Phi) is 4.90. The summed E-state index contributed by atoms with van der Waals surface area (Å²) in [4.78, 5) is 10.7. The van der Waals surface area contributed by atoms with E-state index in [1.165, 1.54) is 6.07 Å². The number of benzene rings is 1. The predicted molar refractivity (Wildman–Crippen MR) is 69.7 cm³/mol. The molecule has 106 valence electrons. The van der Waals surface area contributed by atoms with Crippen LogP contribution in [0.5, 0.6) is 5.75 Å². The molecule has 1 atom stereocenters. The molecule has 1 unspecified atom stereocenters. The molecule has 0 aliphatic heterocycles. The van der Waals surface area contributed by atoms with Gasteiger partial charge in [-0.15, -0.1) is 0 Å². The van der Waals surface area contributed by atoms with Crippen LogP contribution in [0.4, 0.5) is 0 Å². The SMILES string of the molecule is CCC(C)CNS(=O)(=O)c1ccc(O)c(C(=O)O)c1. The first-order valence-electron chi connectivity index (χ1n) is 5.84. The monoisotopic (exact) mass is 287 g/mol. The van der Waals surface area contributed by atoms with E-state index in [4.69, 9.17) is 5.11 Å². The van der Waals surface area contributed by atoms with Crippen LogP contribution in [0.25, 0.3) is 0 Å². The van der Waals surface area contributed by atoms with Gasteiger partial charge in [-0.2, -0.15) is 0 Å². The second kappa shape index (κ2) is 6.03. The van der Waals surface area contributed by atoms with Crippen molar-refractivity contribution in [1.82, 2.24) is 4.72 Å². The highest BCUT2D eigenvalue weighted by molar-refractivity contribution is 7.89. The Morgan fingerprint density at radius 1 is 1.42 bits per heavy atom. The van der Waals surface area contributed by atoms with E-state index in [0.717, 1.165) is 18.6 Å². The summed E-state index contributed by atoms with van der Waals surface area (Å²) >= 11 is 0. The number of rotatable bonds is 6. The molecule has 1 rings (SSSR count). The lowest BCUT2D eigenvalue weighted by molar-refractivity contribution is 0.0693. The molecule has 0 radical (unpaired) electrons. The molecule has 0 amide bonds. The molecular weight excluding hydrogens is 270 g/mol. The molecule has 0 aliphatic rings. The standard InChI is InChI=1S/C12H17NO5S/c1-3-8(2)7-13-19(17,18)9-4-5-11(14)10(6-9)12(15)16/h4-6,8,13-14H,3,7H2,1-2H3,(H,15,16). The maximum absolute atomic E-state index is 12.0. The molecule has 0 aromatic heterocycles. The number of carboxylic acid groups (broad SMARTS) is 1. The van der Waals surface area contributed by atoms with Crippen molar-refractivity contribution in [2.75, 3.05) is 6.54 Å². The highest BCUT2D eigenvalue weighted by Gasteiger charge is 2.19. The van der Waals surface area contributed by atoms with Gasteiger partial charge in [-0.3, -0.25) is 0 Å². The summed E-state index contributed by atoms with van der Waals surface area (Å²) in [6.07, 6.45) is 0.832. The lowest BCUT2D eigenvalue weighted by Gasteiger charge is -2.11. The number of sulfonamides is 1. The molecule has 1 aromatic carbocycles. The molecule has 0 fully saturated rings. The highest BCUT2D eigenvalue weighted by atomic mass is 32.2. The normalized spacial score (nSPS) is 13.2. The first kappa shape index (κ1) is 15.5. The fourth-order valence-electron chi connectivity index (χ4n) is 1.33. The Hall–Kier alpha value is -1.60. The first-order valence-corrected chi connectivity index (χ1v) is 7.32. The van der Waals surface area contributed by atoms with Gasteiger partial charge in [-0.05, 0) is 24.1 Å². The van der Waals surface area contributed by atoms with Gasteiger partial charge in [0.15, 0.2) is 0 Å². The van der Waals surface area contributed by atoms with Crippen LogP contribution >= 0.6 is 0 Å². The van der Waals surface area contributed by atoms with Crippen LogP contribution < -0.4 is 4.72 Å². The van der Waals surface area contributed by atoms with E-state index in [2.05, 4.69) is 4.72 Å². The van der Waals surface area contributed by atoms with Gasteiger partial charge in [-0.25, -0.2) is 17.9 Å². The van der Waals surface area contributed by atoms with Crippen molar-refractivity contribution in [3.05, 3.63) is 23.8 Å². The second-order valence-electron chi connectivity index (χ2n) is 4.35. The van der Waals surface area contributed by atoms with Gasteiger partial charge >= 0.3 is 5.97 Å². The van der Waals surface area contributed by atoms with Gasteiger partial charge in [0.05, 0.1) is 4.90 Å². The van der Waals surface area contributed by atoms with E-state index in [0.29, 0.717) is 0 Å². The quantitative estimate of drug-likeness (QED) is 0.734. The predicted octanol–water partition coefficient (Wildman–Crippen LogP) is 1.41. The Labute approximate surface area is 112 Å². The van der Waals surface area contributed by atoms with Gasteiger partial charge in [0, 0.05) is 6.54 Å². The fourth-order valence-corrected chi connectivity index (χ4v) is 2.52. The number of aromatic hydroxyl groups is 1. The van der Waals surface area contributed by atoms with Crippen molar-refractivity contribution in [1.29, 1.82) is 0 Å². The van der Waals surface area contributed by atoms with Crippen molar-refractivity contribution in [3.8, 4) is 5.75 Å².